The van der Waals surface area contributed by atoms with E-state index in [2.05, 4.69) is 0 Å². The van der Waals surface area contributed by atoms with Crippen LogP contribution in [0.2, 0.25) is 0 Å². The second-order valence-corrected chi connectivity index (χ2v) is 6.48. The van der Waals surface area contributed by atoms with Gasteiger partial charge in [-0.05, 0) is 25.3 Å². The zero-order chi connectivity index (χ0) is 14.8. The van der Waals surface area contributed by atoms with E-state index < -0.39 is 37.1 Å². The smallest absolute Gasteiger partial charge is 0.206 e. The van der Waals surface area contributed by atoms with Crippen LogP contribution in [-0.2, 0) is 6.18 Å². The molecular weight excluding hydrogens is 289 g/mol. The van der Waals surface area contributed by atoms with E-state index >= 15 is 0 Å². The summed E-state index contributed by atoms with van der Waals surface area (Å²) in [6.07, 6.45) is -3.27. The lowest BCUT2D eigenvalue weighted by Crippen LogP contribution is -2.21. The average Bonchev–Trinajstić information content (AvgIpc) is 2.29. The molecule has 0 N–H and O–H groups in total. The van der Waals surface area contributed by atoms with Crippen LogP contribution in [0.1, 0.15) is 25.3 Å². The standard InChI is InChI=1S/C12H13F6P/c1-3-4-5-19(2)8-6-7(13)10(14)9(11(8)15)12(16,17)18/h6H,3-5H2,1-2H3. The molecule has 0 nitrogen and oxygen atoms in total. The highest BCUT2D eigenvalue weighted by Crippen LogP contribution is 2.39. The van der Waals surface area contributed by atoms with Gasteiger partial charge in [-0.3, -0.25) is 0 Å². The maximum Gasteiger partial charge on any atom is 0.422 e. The molecule has 0 aliphatic heterocycles. The Hall–Kier alpha value is -0.770. The van der Waals surface area contributed by atoms with Crippen LogP contribution in [0.15, 0.2) is 6.07 Å². The molecule has 1 atom stereocenters. The van der Waals surface area contributed by atoms with E-state index in [1.807, 2.05) is 6.92 Å². The minimum absolute atomic E-state index is 0.366. The van der Waals surface area contributed by atoms with Crippen LogP contribution in [0.3, 0.4) is 0 Å². The van der Waals surface area contributed by atoms with Gasteiger partial charge in [0.2, 0.25) is 0 Å². The maximum absolute atomic E-state index is 13.8. The van der Waals surface area contributed by atoms with Gasteiger partial charge in [-0.2, -0.15) is 13.2 Å². The molecule has 0 aromatic heterocycles. The molecule has 0 amide bonds. The topological polar surface area (TPSA) is 0 Å². The third kappa shape index (κ3) is 3.62. The molecule has 108 valence electrons. The Balaban J connectivity index is 3.32. The number of halogens is 6. The minimum Gasteiger partial charge on any atom is -0.206 e. The average molecular weight is 302 g/mol. The highest BCUT2D eigenvalue weighted by molar-refractivity contribution is 7.64. The highest BCUT2D eigenvalue weighted by Gasteiger charge is 2.40. The van der Waals surface area contributed by atoms with E-state index in [1.54, 1.807) is 6.66 Å². The van der Waals surface area contributed by atoms with Crippen LogP contribution in [0, 0.1) is 17.5 Å². The van der Waals surface area contributed by atoms with Gasteiger partial charge in [-0.15, -0.1) is 0 Å². The summed E-state index contributed by atoms with van der Waals surface area (Å²) in [5.41, 5.74) is -2.13. The zero-order valence-corrected chi connectivity index (χ0v) is 11.3. The summed E-state index contributed by atoms with van der Waals surface area (Å²) in [7, 11) is -1.28. The summed E-state index contributed by atoms with van der Waals surface area (Å²) >= 11 is 0. The number of hydrogen-bond donors (Lipinski definition) is 0. The van der Waals surface area contributed by atoms with E-state index in [1.165, 1.54) is 0 Å². The predicted molar refractivity (Wildman–Crippen MR) is 63.6 cm³/mol. The lowest BCUT2D eigenvalue weighted by atomic mass is 10.2. The first-order valence-electron chi connectivity index (χ1n) is 5.66. The molecule has 19 heavy (non-hydrogen) atoms. The lowest BCUT2D eigenvalue weighted by molar-refractivity contribution is -0.142. The fraction of sp³-hybridized carbons (Fsp3) is 0.500. The molecule has 0 aliphatic carbocycles. The minimum atomic E-state index is -5.24. The van der Waals surface area contributed by atoms with Crippen LogP contribution in [0.5, 0.6) is 0 Å². The predicted octanol–water partition coefficient (Wildman–Crippen LogP) is 4.66. The zero-order valence-electron chi connectivity index (χ0n) is 10.4. The van der Waals surface area contributed by atoms with E-state index in [-0.39, 0.29) is 5.30 Å². The van der Waals surface area contributed by atoms with Crippen molar-refractivity contribution in [2.75, 3.05) is 12.8 Å². The number of alkyl halides is 3. The van der Waals surface area contributed by atoms with Crippen LogP contribution >= 0.6 is 7.92 Å². The molecule has 0 saturated carbocycles. The molecule has 1 rings (SSSR count). The van der Waals surface area contributed by atoms with Crippen LogP contribution in [-0.4, -0.2) is 12.8 Å². The fourth-order valence-electron chi connectivity index (χ4n) is 1.63. The van der Waals surface area contributed by atoms with Gasteiger partial charge in [-0.1, -0.05) is 21.3 Å². The first-order chi connectivity index (χ1) is 8.70. The summed E-state index contributed by atoms with van der Waals surface area (Å²) in [6, 6.07) is 0.543. The Bertz CT molecular complexity index is 455. The van der Waals surface area contributed by atoms with Crippen molar-refractivity contribution in [1.82, 2.24) is 0 Å². The van der Waals surface area contributed by atoms with Crippen molar-refractivity contribution in [2.45, 2.75) is 25.9 Å². The monoisotopic (exact) mass is 302 g/mol. The van der Waals surface area contributed by atoms with Crippen LogP contribution in [0.25, 0.3) is 0 Å². The lowest BCUT2D eigenvalue weighted by Gasteiger charge is -2.17. The largest absolute Gasteiger partial charge is 0.422 e. The molecule has 7 heteroatoms. The van der Waals surface area contributed by atoms with Gasteiger partial charge in [0.05, 0.1) is 0 Å². The quantitative estimate of drug-likeness (QED) is 0.431. The van der Waals surface area contributed by atoms with Crippen molar-refractivity contribution >= 4 is 13.2 Å². The number of rotatable bonds is 4. The molecule has 1 unspecified atom stereocenters. The fourth-order valence-corrected chi connectivity index (χ4v) is 3.45. The second-order valence-electron chi connectivity index (χ2n) is 4.15. The molecule has 0 bridgehead atoms. The van der Waals surface area contributed by atoms with E-state index in [0.29, 0.717) is 18.6 Å². The Morgan fingerprint density at radius 2 is 1.68 bits per heavy atom. The summed E-state index contributed by atoms with van der Waals surface area (Å²) in [5.74, 6) is -5.52. The first kappa shape index (κ1) is 16.3. The Labute approximate surface area is 108 Å². The molecule has 0 fully saturated rings. The van der Waals surface area contributed by atoms with Crippen LogP contribution < -0.4 is 5.30 Å². The van der Waals surface area contributed by atoms with Gasteiger partial charge in [0, 0.05) is 5.30 Å². The van der Waals surface area contributed by atoms with Gasteiger partial charge in [0.15, 0.2) is 11.6 Å². The summed E-state index contributed by atoms with van der Waals surface area (Å²) in [6.45, 7) is 3.44. The summed E-state index contributed by atoms with van der Waals surface area (Å²) < 4.78 is 77.7. The van der Waals surface area contributed by atoms with E-state index in [9.17, 15) is 26.3 Å². The Kier molecular flexibility index (Phi) is 5.25. The molecule has 0 aliphatic rings. The van der Waals surface area contributed by atoms with Crippen molar-refractivity contribution in [3.05, 3.63) is 29.1 Å². The number of benzene rings is 1. The van der Waals surface area contributed by atoms with Crippen molar-refractivity contribution < 1.29 is 26.3 Å². The van der Waals surface area contributed by atoms with Gasteiger partial charge in [0.1, 0.15) is 11.4 Å². The summed E-state index contributed by atoms with van der Waals surface area (Å²) in [5, 5.41) is -0.366. The molecule has 0 radical (unpaired) electrons. The summed E-state index contributed by atoms with van der Waals surface area (Å²) in [4.78, 5) is 0. The molecule has 0 spiro atoms. The van der Waals surface area contributed by atoms with Crippen molar-refractivity contribution in [2.24, 2.45) is 0 Å². The highest BCUT2D eigenvalue weighted by atomic mass is 31.1. The van der Waals surface area contributed by atoms with Gasteiger partial charge in [-0.25, -0.2) is 13.2 Å². The van der Waals surface area contributed by atoms with Crippen molar-refractivity contribution in [1.29, 1.82) is 0 Å². The van der Waals surface area contributed by atoms with Gasteiger partial charge >= 0.3 is 6.18 Å². The maximum atomic E-state index is 13.8. The van der Waals surface area contributed by atoms with Crippen LogP contribution in [0.4, 0.5) is 26.3 Å². The number of unbranched alkanes of at least 4 members (excludes halogenated alkanes) is 1. The molecule has 1 aromatic carbocycles. The van der Waals surface area contributed by atoms with Gasteiger partial charge < -0.3 is 0 Å². The third-order valence-electron chi connectivity index (χ3n) is 2.68. The SMILES string of the molecule is CCCCP(C)c1cc(F)c(F)c(C(F)(F)F)c1F. The van der Waals surface area contributed by atoms with Crippen molar-refractivity contribution in [3.8, 4) is 0 Å². The molecule has 0 saturated heterocycles. The molecule has 1 aromatic rings. The van der Waals surface area contributed by atoms with E-state index in [4.69, 9.17) is 0 Å². The van der Waals surface area contributed by atoms with Gasteiger partial charge in [0.25, 0.3) is 0 Å². The van der Waals surface area contributed by atoms with E-state index in [0.717, 1.165) is 6.42 Å². The first-order valence-corrected chi connectivity index (χ1v) is 7.63. The van der Waals surface area contributed by atoms with Crippen molar-refractivity contribution in [3.63, 3.8) is 0 Å². The normalized spacial score (nSPS) is 13.7. The Morgan fingerprint density at radius 3 is 2.16 bits per heavy atom. The molecule has 0 heterocycles. The number of hydrogen-bond acceptors (Lipinski definition) is 0. The second kappa shape index (κ2) is 6.12. The molecular formula is C12H13F6P. The third-order valence-corrected chi connectivity index (χ3v) is 4.81. The Morgan fingerprint density at radius 1 is 1.11 bits per heavy atom.